The molecule has 0 aromatic carbocycles. The first-order chi connectivity index (χ1) is 4.75. The van der Waals surface area contributed by atoms with Crippen molar-refractivity contribution in [2.24, 2.45) is 5.92 Å². The largest absolute Gasteiger partial charge is 0.369 e. The predicted molar refractivity (Wildman–Crippen MR) is 43.0 cm³/mol. The lowest BCUT2D eigenvalue weighted by Gasteiger charge is -1.96. The molecule has 0 amide bonds. The third kappa shape index (κ3) is 1.98. The molecule has 1 fully saturated rings. The Morgan fingerprint density at radius 3 is 2.50 bits per heavy atom. The highest BCUT2D eigenvalue weighted by Gasteiger charge is 2.39. The topological polar surface area (TPSA) is 12.5 Å². The fraction of sp³-hybridized carbons (Fsp3) is 1.00. The molecule has 2 atom stereocenters. The van der Waals surface area contributed by atoms with E-state index in [0.717, 1.165) is 5.92 Å². The molecule has 2 unspecified atom stereocenters. The first-order valence-corrected chi connectivity index (χ1v) is 4.41. The summed E-state index contributed by atoms with van der Waals surface area (Å²) in [6.07, 6.45) is 5.10. The van der Waals surface area contributed by atoms with E-state index in [-0.39, 0.29) is 0 Å². The van der Waals surface area contributed by atoms with Crippen LogP contribution in [0.2, 0.25) is 0 Å². The first-order valence-electron chi connectivity index (χ1n) is 4.41. The first kappa shape index (κ1) is 8.06. The Morgan fingerprint density at radius 2 is 2.10 bits per heavy atom. The van der Waals surface area contributed by atoms with Crippen molar-refractivity contribution in [3.63, 3.8) is 0 Å². The quantitative estimate of drug-likeness (QED) is 0.550. The molecule has 0 radical (unpaired) electrons. The van der Waals surface area contributed by atoms with E-state index in [1.54, 1.807) is 0 Å². The smallest absolute Gasteiger partial charge is 0.0864 e. The van der Waals surface area contributed by atoms with E-state index in [4.69, 9.17) is 4.74 Å². The average Bonchev–Trinajstić information content (AvgIpc) is 2.62. The lowest BCUT2D eigenvalue weighted by molar-refractivity contribution is 0.329. The van der Waals surface area contributed by atoms with E-state index < -0.39 is 0 Å². The van der Waals surface area contributed by atoms with E-state index in [1.165, 1.54) is 19.3 Å². The second kappa shape index (κ2) is 3.38. The lowest BCUT2D eigenvalue weighted by Crippen LogP contribution is -2.01. The van der Waals surface area contributed by atoms with Crippen molar-refractivity contribution in [1.82, 2.24) is 0 Å². The number of epoxide rings is 1. The van der Waals surface area contributed by atoms with Gasteiger partial charge in [0, 0.05) is 0 Å². The maximum absolute atomic E-state index is 5.48. The van der Waals surface area contributed by atoms with E-state index >= 15 is 0 Å². The summed E-state index contributed by atoms with van der Waals surface area (Å²) in [5.74, 6) is 0.724. The molecule has 60 valence electrons. The summed E-state index contributed by atoms with van der Waals surface area (Å²) in [5.41, 5.74) is 0. The molecule has 1 rings (SSSR count). The van der Waals surface area contributed by atoms with Gasteiger partial charge >= 0.3 is 0 Å². The van der Waals surface area contributed by atoms with Crippen molar-refractivity contribution in [2.75, 3.05) is 0 Å². The van der Waals surface area contributed by atoms with Crippen molar-refractivity contribution in [2.45, 2.75) is 52.2 Å². The van der Waals surface area contributed by atoms with Gasteiger partial charge in [-0.05, 0) is 12.3 Å². The van der Waals surface area contributed by atoms with Gasteiger partial charge in [0.15, 0.2) is 0 Å². The van der Waals surface area contributed by atoms with Crippen LogP contribution >= 0.6 is 0 Å². The van der Waals surface area contributed by atoms with Crippen LogP contribution < -0.4 is 0 Å². The predicted octanol–water partition coefficient (Wildman–Crippen LogP) is 2.60. The maximum atomic E-state index is 5.48. The third-order valence-electron chi connectivity index (χ3n) is 2.12. The Balaban J connectivity index is 2.02. The zero-order valence-corrected chi connectivity index (χ0v) is 7.26. The van der Waals surface area contributed by atoms with Crippen molar-refractivity contribution in [3.8, 4) is 0 Å². The number of hydrogen-bond acceptors (Lipinski definition) is 1. The Bertz CT molecular complexity index is 98.9. The van der Waals surface area contributed by atoms with Crippen LogP contribution in [-0.4, -0.2) is 12.2 Å². The van der Waals surface area contributed by atoms with Gasteiger partial charge in [-0.1, -0.05) is 33.6 Å². The fourth-order valence-electron chi connectivity index (χ4n) is 1.38. The van der Waals surface area contributed by atoms with Gasteiger partial charge in [0.25, 0.3) is 0 Å². The van der Waals surface area contributed by atoms with Crippen LogP contribution in [0.4, 0.5) is 0 Å². The van der Waals surface area contributed by atoms with Gasteiger partial charge in [-0.25, -0.2) is 0 Å². The number of ether oxygens (including phenoxy) is 1. The highest BCUT2D eigenvalue weighted by atomic mass is 16.6. The van der Waals surface area contributed by atoms with Gasteiger partial charge < -0.3 is 4.74 Å². The molecule has 1 heterocycles. The van der Waals surface area contributed by atoms with Crippen LogP contribution in [0.3, 0.4) is 0 Å². The zero-order chi connectivity index (χ0) is 7.56. The molecule has 0 N–H and O–H groups in total. The van der Waals surface area contributed by atoms with E-state index in [2.05, 4.69) is 20.8 Å². The van der Waals surface area contributed by atoms with Gasteiger partial charge in [0.2, 0.25) is 0 Å². The summed E-state index contributed by atoms with van der Waals surface area (Å²) in [6.45, 7) is 6.69. The molecule has 1 heteroatoms. The highest BCUT2D eigenvalue weighted by Crippen LogP contribution is 2.32. The van der Waals surface area contributed by atoms with Crippen molar-refractivity contribution in [1.29, 1.82) is 0 Å². The standard InChI is InChI=1S/C9H18O/c1-4-5-6-8-9(10-8)7(2)3/h7-9H,4-6H2,1-3H3. The van der Waals surface area contributed by atoms with Gasteiger partial charge in [0.1, 0.15) is 0 Å². The molecule has 0 saturated carbocycles. The Kier molecular flexibility index (Phi) is 2.72. The van der Waals surface area contributed by atoms with Crippen LogP contribution in [0.1, 0.15) is 40.0 Å². The average molecular weight is 142 g/mol. The Labute approximate surface area is 63.8 Å². The minimum atomic E-state index is 0.589. The molecule has 10 heavy (non-hydrogen) atoms. The Hall–Kier alpha value is -0.0400. The van der Waals surface area contributed by atoms with E-state index in [0.29, 0.717) is 12.2 Å². The van der Waals surface area contributed by atoms with Crippen molar-refractivity contribution < 1.29 is 4.74 Å². The van der Waals surface area contributed by atoms with Gasteiger partial charge in [0.05, 0.1) is 12.2 Å². The van der Waals surface area contributed by atoms with E-state index in [9.17, 15) is 0 Å². The molecule has 0 aliphatic carbocycles. The fourth-order valence-corrected chi connectivity index (χ4v) is 1.38. The third-order valence-corrected chi connectivity index (χ3v) is 2.12. The lowest BCUT2D eigenvalue weighted by atomic mass is 10.1. The van der Waals surface area contributed by atoms with Crippen molar-refractivity contribution in [3.05, 3.63) is 0 Å². The summed E-state index contributed by atoms with van der Waals surface area (Å²) in [5, 5.41) is 0. The molecule has 0 bridgehead atoms. The van der Waals surface area contributed by atoms with E-state index in [1.807, 2.05) is 0 Å². The summed E-state index contributed by atoms with van der Waals surface area (Å²) < 4.78 is 5.48. The summed E-state index contributed by atoms with van der Waals surface area (Å²) in [7, 11) is 0. The molecule has 1 aliphatic rings. The van der Waals surface area contributed by atoms with Crippen molar-refractivity contribution >= 4 is 0 Å². The molecule has 0 aromatic rings. The van der Waals surface area contributed by atoms with Crippen LogP contribution in [0.15, 0.2) is 0 Å². The van der Waals surface area contributed by atoms with Crippen LogP contribution in [0.25, 0.3) is 0 Å². The number of hydrogen-bond donors (Lipinski definition) is 0. The monoisotopic (exact) mass is 142 g/mol. The molecule has 1 saturated heterocycles. The maximum Gasteiger partial charge on any atom is 0.0864 e. The highest BCUT2D eigenvalue weighted by molar-refractivity contribution is 4.86. The normalized spacial score (nSPS) is 31.2. The number of rotatable bonds is 4. The molecular weight excluding hydrogens is 124 g/mol. The van der Waals surface area contributed by atoms with Crippen LogP contribution in [0.5, 0.6) is 0 Å². The van der Waals surface area contributed by atoms with Gasteiger partial charge in [-0.3, -0.25) is 0 Å². The van der Waals surface area contributed by atoms with Crippen LogP contribution in [-0.2, 0) is 4.74 Å². The zero-order valence-electron chi connectivity index (χ0n) is 7.26. The van der Waals surface area contributed by atoms with Gasteiger partial charge in [-0.2, -0.15) is 0 Å². The Morgan fingerprint density at radius 1 is 1.40 bits per heavy atom. The second-order valence-electron chi connectivity index (χ2n) is 3.53. The summed E-state index contributed by atoms with van der Waals surface area (Å²) in [6, 6.07) is 0. The summed E-state index contributed by atoms with van der Waals surface area (Å²) in [4.78, 5) is 0. The van der Waals surface area contributed by atoms with Crippen LogP contribution in [0, 0.1) is 5.92 Å². The minimum Gasteiger partial charge on any atom is -0.369 e. The van der Waals surface area contributed by atoms with Gasteiger partial charge in [-0.15, -0.1) is 0 Å². The molecule has 1 nitrogen and oxygen atoms in total. The molecular formula is C9H18O. The SMILES string of the molecule is CCCCC1OC1C(C)C. The molecule has 0 spiro atoms. The second-order valence-corrected chi connectivity index (χ2v) is 3.53. The summed E-state index contributed by atoms with van der Waals surface area (Å²) >= 11 is 0. The molecule has 1 aliphatic heterocycles. The molecule has 0 aromatic heterocycles. The minimum absolute atomic E-state index is 0.589. The number of unbranched alkanes of at least 4 members (excludes halogenated alkanes) is 1.